The summed E-state index contributed by atoms with van der Waals surface area (Å²) in [5.74, 6) is -0.838. The number of carbonyl (C=O) groups excluding carboxylic acids is 1. The second-order valence-corrected chi connectivity index (χ2v) is 3.03. The molecule has 0 aliphatic heterocycles. The smallest absolute Gasteiger partial charge is 0.332 e. The van der Waals surface area contributed by atoms with E-state index in [4.69, 9.17) is 5.73 Å². The summed E-state index contributed by atoms with van der Waals surface area (Å²) in [6, 6.07) is 0. The number of carbonyl (C=O) groups is 1. The van der Waals surface area contributed by atoms with Crippen LogP contribution in [0.25, 0.3) is 0 Å². The lowest BCUT2D eigenvalue weighted by Gasteiger charge is -2.24. The fourth-order valence-electron chi connectivity index (χ4n) is 0.803. The Balaban J connectivity index is 4.76. The van der Waals surface area contributed by atoms with E-state index in [0.29, 0.717) is 6.08 Å². The highest BCUT2D eigenvalue weighted by Crippen LogP contribution is 2.26. The Morgan fingerprint density at radius 1 is 1.33 bits per heavy atom. The van der Waals surface area contributed by atoms with E-state index in [1.54, 1.807) is 6.92 Å². The zero-order valence-electron chi connectivity index (χ0n) is 8.43. The molecule has 6 heteroatoms. The number of hydrogen-bond acceptors (Lipinski definition) is 3. The standard InChI is InChI=1S/C9H14F3NO2/c1-2-15-8(14)3-7(13)9(4-10,5-11)6-12/h3H,2,4-6,13H2,1H3. The van der Waals surface area contributed by atoms with Gasteiger partial charge in [-0.25, -0.2) is 18.0 Å². The van der Waals surface area contributed by atoms with Crippen LogP contribution in [0.1, 0.15) is 6.92 Å². The summed E-state index contributed by atoms with van der Waals surface area (Å²) in [4.78, 5) is 10.9. The number of hydrogen-bond donors (Lipinski definition) is 1. The highest BCUT2D eigenvalue weighted by atomic mass is 19.1. The van der Waals surface area contributed by atoms with Crippen molar-refractivity contribution in [3.63, 3.8) is 0 Å². The minimum Gasteiger partial charge on any atom is -0.463 e. The molecular formula is C9H14F3NO2. The van der Waals surface area contributed by atoms with Crippen LogP contribution in [-0.4, -0.2) is 32.6 Å². The average molecular weight is 225 g/mol. The number of allylic oxidation sites excluding steroid dienone is 1. The van der Waals surface area contributed by atoms with Gasteiger partial charge in [-0.1, -0.05) is 0 Å². The summed E-state index contributed by atoms with van der Waals surface area (Å²) in [6.45, 7) is -2.24. The zero-order valence-corrected chi connectivity index (χ0v) is 8.43. The van der Waals surface area contributed by atoms with E-state index in [9.17, 15) is 18.0 Å². The maximum atomic E-state index is 12.4. The molecule has 0 saturated carbocycles. The Bertz CT molecular complexity index is 231. The van der Waals surface area contributed by atoms with Crippen LogP contribution >= 0.6 is 0 Å². The lowest BCUT2D eigenvalue weighted by molar-refractivity contribution is -0.137. The third-order valence-electron chi connectivity index (χ3n) is 1.94. The predicted octanol–water partition coefficient (Wildman–Crippen LogP) is 1.29. The second-order valence-electron chi connectivity index (χ2n) is 3.03. The molecule has 0 atom stereocenters. The average Bonchev–Trinajstić information content (AvgIpc) is 2.21. The Labute approximate surface area is 86.1 Å². The zero-order chi connectivity index (χ0) is 11.9. The molecule has 0 saturated heterocycles. The molecule has 0 bridgehead atoms. The fraction of sp³-hybridized carbons (Fsp3) is 0.667. The number of alkyl halides is 3. The van der Waals surface area contributed by atoms with Crippen LogP contribution in [0, 0.1) is 5.41 Å². The molecule has 2 N–H and O–H groups in total. The van der Waals surface area contributed by atoms with Gasteiger partial charge in [-0.15, -0.1) is 0 Å². The Kier molecular flexibility index (Phi) is 5.81. The molecule has 0 spiro atoms. The van der Waals surface area contributed by atoms with Crippen LogP contribution in [0.3, 0.4) is 0 Å². The van der Waals surface area contributed by atoms with Crippen LogP contribution < -0.4 is 5.73 Å². The van der Waals surface area contributed by atoms with Crippen molar-refractivity contribution in [2.45, 2.75) is 6.92 Å². The van der Waals surface area contributed by atoms with Crippen LogP contribution in [0.2, 0.25) is 0 Å². The molecule has 0 aromatic rings. The van der Waals surface area contributed by atoms with Gasteiger partial charge in [0.15, 0.2) is 0 Å². The molecule has 0 aromatic carbocycles. The molecule has 0 aliphatic rings. The minimum absolute atomic E-state index is 0.108. The van der Waals surface area contributed by atoms with Crippen molar-refractivity contribution in [2.75, 3.05) is 26.6 Å². The quantitative estimate of drug-likeness (QED) is 0.547. The van der Waals surface area contributed by atoms with Gasteiger partial charge in [-0.2, -0.15) is 0 Å². The van der Waals surface area contributed by atoms with Gasteiger partial charge in [0.05, 0.1) is 12.0 Å². The van der Waals surface area contributed by atoms with E-state index in [1.165, 1.54) is 0 Å². The third kappa shape index (κ3) is 3.45. The van der Waals surface area contributed by atoms with Crippen molar-refractivity contribution >= 4 is 5.97 Å². The number of esters is 1. The fourth-order valence-corrected chi connectivity index (χ4v) is 0.803. The van der Waals surface area contributed by atoms with Gasteiger partial charge < -0.3 is 10.5 Å². The molecule has 0 aromatic heterocycles. The van der Waals surface area contributed by atoms with Gasteiger partial charge in [0.1, 0.15) is 20.0 Å². The first-order chi connectivity index (χ1) is 7.06. The van der Waals surface area contributed by atoms with E-state index >= 15 is 0 Å². The first-order valence-electron chi connectivity index (χ1n) is 4.38. The van der Waals surface area contributed by atoms with Crippen LogP contribution in [0.15, 0.2) is 11.8 Å². The highest BCUT2D eigenvalue weighted by molar-refractivity contribution is 5.82. The summed E-state index contributed by atoms with van der Waals surface area (Å²) in [7, 11) is 0. The number of rotatable bonds is 6. The maximum absolute atomic E-state index is 12.4. The molecule has 0 rings (SSSR count). The molecule has 0 amide bonds. The van der Waals surface area contributed by atoms with E-state index in [-0.39, 0.29) is 6.61 Å². The minimum atomic E-state index is -2.05. The number of halogens is 3. The van der Waals surface area contributed by atoms with Crippen molar-refractivity contribution in [1.82, 2.24) is 0 Å². The van der Waals surface area contributed by atoms with Gasteiger partial charge in [0.2, 0.25) is 0 Å². The van der Waals surface area contributed by atoms with E-state index in [1.807, 2.05) is 0 Å². The van der Waals surface area contributed by atoms with Crippen molar-refractivity contribution in [1.29, 1.82) is 0 Å². The van der Waals surface area contributed by atoms with Crippen molar-refractivity contribution < 1.29 is 22.7 Å². The second kappa shape index (κ2) is 6.31. The lowest BCUT2D eigenvalue weighted by atomic mass is 9.89. The molecular weight excluding hydrogens is 211 g/mol. The topological polar surface area (TPSA) is 52.3 Å². The normalized spacial score (nSPS) is 12.7. The summed E-state index contributed by atoms with van der Waals surface area (Å²) in [6.07, 6.45) is 0.711. The largest absolute Gasteiger partial charge is 0.463 e. The highest BCUT2D eigenvalue weighted by Gasteiger charge is 2.34. The van der Waals surface area contributed by atoms with E-state index in [0.717, 1.165) is 0 Å². The van der Waals surface area contributed by atoms with Crippen LogP contribution in [0.4, 0.5) is 13.2 Å². The van der Waals surface area contributed by atoms with Crippen molar-refractivity contribution in [3.05, 3.63) is 11.8 Å². The predicted molar refractivity (Wildman–Crippen MR) is 49.3 cm³/mol. The molecule has 0 heterocycles. The summed E-state index contributed by atoms with van der Waals surface area (Å²) in [5, 5.41) is 0. The SMILES string of the molecule is CCOC(=O)C=C(N)C(CF)(CF)CF. The van der Waals surface area contributed by atoms with Crippen molar-refractivity contribution in [3.8, 4) is 0 Å². The van der Waals surface area contributed by atoms with Gasteiger partial charge in [-0.3, -0.25) is 0 Å². The molecule has 3 nitrogen and oxygen atoms in total. The first kappa shape index (κ1) is 13.8. The van der Waals surface area contributed by atoms with Gasteiger partial charge in [0.25, 0.3) is 0 Å². The lowest BCUT2D eigenvalue weighted by Crippen LogP contribution is -2.35. The molecule has 0 aliphatic carbocycles. The van der Waals surface area contributed by atoms with Crippen molar-refractivity contribution in [2.24, 2.45) is 11.1 Å². The molecule has 0 fully saturated rings. The molecule has 0 unspecified atom stereocenters. The van der Waals surface area contributed by atoms with Crippen LogP contribution in [0.5, 0.6) is 0 Å². The summed E-state index contributed by atoms with van der Waals surface area (Å²) in [5.41, 5.74) is 2.73. The van der Waals surface area contributed by atoms with Crippen LogP contribution in [-0.2, 0) is 9.53 Å². The first-order valence-corrected chi connectivity index (χ1v) is 4.38. The number of ether oxygens (including phenoxy) is 1. The molecule has 0 radical (unpaired) electrons. The van der Waals surface area contributed by atoms with E-state index in [2.05, 4.69) is 4.74 Å². The van der Waals surface area contributed by atoms with Gasteiger partial charge in [0, 0.05) is 11.8 Å². The maximum Gasteiger partial charge on any atom is 0.332 e. The Morgan fingerprint density at radius 3 is 2.13 bits per heavy atom. The summed E-state index contributed by atoms with van der Waals surface area (Å²) < 4.78 is 41.8. The van der Waals surface area contributed by atoms with Gasteiger partial charge >= 0.3 is 5.97 Å². The summed E-state index contributed by atoms with van der Waals surface area (Å²) >= 11 is 0. The van der Waals surface area contributed by atoms with Gasteiger partial charge in [-0.05, 0) is 6.92 Å². The number of nitrogens with two attached hydrogens (primary N) is 1. The monoisotopic (exact) mass is 225 g/mol. The third-order valence-corrected chi connectivity index (χ3v) is 1.94. The van der Waals surface area contributed by atoms with E-state index < -0.39 is 37.1 Å². The Morgan fingerprint density at radius 2 is 1.80 bits per heavy atom. The molecule has 15 heavy (non-hydrogen) atoms. The molecule has 88 valence electrons. The Hall–Kier alpha value is -1.20.